The number of hydrogen-bond donors (Lipinski definition) is 1. The quantitative estimate of drug-likeness (QED) is 0.925. The Morgan fingerprint density at radius 2 is 1.85 bits per heavy atom. The predicted molar refractivity (Wildman–Crippen MR) is 72.8 cm³/mol. The molecule has 0 amide bonds. The summed E-state index contributed by atoms with van der Waals surface area (Å²) in [6.07, 6.45) is 0. The van der Waals surface area contributed by atoms with Gasteiger partial charge in [0.05, 0.1) is 11.6 Å². The first-order valence-corrected chi connectivity index (χ1v) is 6.24. The molecule has 0 aliphatic carbocycles. The average molecular weight is 272 g/mol. The van der Waals surface area contributed by atoms with E-state index in [1.54, 1.807) is 12.1 Å². The van der Waals surface area contributed by atoms with E-state index < -0.39 is 11.6 Å². The predicted octanol–water partition coefficient (Wildman–Crippen LogP) is 3.43. The van der Waals surface area contributed by atoms with Crippen LogP contribution in [0, 0.1) is 29.9 Å². The Bertz CT molecular complexity index is 660. The molecule has 0 saturated carbocycles. The number of halogens is 2. The first-order valence-electron chi connectivity index (χ1n) is 6.24. The fraction of sp³-hybridized carbons (Fsp3) is 0.188. The molecule has 20 heavy (non-hydrogen) atoms. The topological polar surface area (TPSA) is 35.8 Å². The zero-order valence-corrected chi connectivity index (χ0v) is 11.1. The van der Waals surface area contributed by atoms with Crippen molar-refractivity contribution in [1.82, 2.24) is 5.32 Å². The van der Waals surface area contributed by atoms with Gasteiger partial charge >= 0.3 is 0 Å². The van der Waals surface area contributed by atoms with Gasteiger partial charge in [-0.25, -0.2) is 8.78 Å². The molecule has 0 radical (unpaired) electrons. The lowest BCUT2D eigenvalue weighted by Crippen LogP contribution is -2.13. The molecule has 102 valence electrons. The molecule has 2 aromatic rings. The Balaban J connectivity index is 1.96. The molecule has 2 nitrogen and oxygen atoms in total. The molecule has 1 N–H and O–H groups in total. The number of nitrogens with one attached hydrogen (secondary N) is 1. The SMILES string of the molecule is Cc1cc(C#N)ccc1CNCc1ccc(F)c(F)c1. The maximum absolute atomic E-state index is 13.0. The third-order valence-corrected chi connectivity index (χ3v) is 3.10. The second kappa shape index (κ2) is 6.27. The molecule has 2 rings (SSSR count). The van der Waals surface area contributed by atoms with Crippen molar-refractivity contribution in [2.45, 2.75) is 20.0 Å². The Labute approximate surface area is 116 Å². The Morgan fingerprint density at radius 3 is 2.50 bits per heavy atom. The summed E-state index contributed by atoms with van der Waals surface area (Å²) in [7, 11) is 0. The zero-order valence-electron chi connectivity index (χ0n) is 11.1. The van der Waals surface area contributed by atoms with Crippen LogP contribution in [0.5, 0.6) is 0 Å². The summed E-state index contributed by atoms with van der Waals surface area (Å²) in [4.78, 5) is 0. The number of aryl methyl sites for hydroxylation is 1. The molecular formula is C16H14F2N2. The summed E-state index contributed by atoms with van der Waals surface area (Å²) >= 11 is 0. The second-order valence-corrected chi connectivity index (χ2v) is 4.61. The van der Waals surface area contributed by atoms with Gasteiger partial charge in [-0.15, -0.1) is 0 Å². The minimum absolute atomic E-state index is 0.455. The van der Waals surface area contributed by atoms with Crippen LogP contribution in [0.3, 0.4) is 0 Å². The third kappa shape index (κ3) is 3.40. The van der Waals surface area contributed by atoms with Crippen molar-refractivity contribution in [3.8, 4) is 6.07 Å². The Hall–Kier alpha value is -2.25. The van der Waals surface area contributed by atoms with Crippen LogP contribution in [0.25, 0.3) is 0 Å². The first kappa shape index (κ1) is 14.2. The molecule has 0 aliphatic heterocycles. The first-order chi connectivity index (χ1) is 9.60. The van der Waals surface area contributed by atoms with Crippen molar-refractivity contribution in [2.75, 3.05) is 0 Å². The molecule has 0 saturated heterocycles. The number of nitriles is 1. The van der Waals surface area contributed by atoms with Crippen LogP contribution >= 0.6 is 0 Å². The van der Waals surface area contributed by atoms with E-state index >= 15 is 0 Å². The van der Waals surface area contributed by atoms with Gasteiger partial charge in [0.2, 0.25) is 0 Å². The fourth-order valence-electron chi connectivity index (χ4n) is 1.95. The highest BCUT2D eigenvalue weighted by Gasteiger charge is 2.03. The summed E-state index contributed by atoms with van der Waals surface area (Å²) in [5.41, 5.74) is 3.43. The highest BCUT2D eigenvalue weighted by atomic mass is 19.2. The van der Waals surface area contributed by atoms with Gasteiger partial charge in [0.25, 0.3) is 0 Å². The highest BCUT2D eigenvalue weighted by molar-refractivity contribution is 5.37. The Morgan fingerprint density at radius 1 is 1.05 bits per heavy atom. The van der Waals surface area contributed by atoms with E-state index in [0.29, 0.717) is 24.2 Å². The van der Waals surface area contributed by atoms with Crippen molar-refractivity contribution >= 4 is 0 Å². The lowest BCUT2D eigenvalue weighted by Gasteiger charge is -2.08. The molecule has 2 aromatic carbocycles. The number of hydrogen-bond acceptors (Lipinski definition) is 2. The summed E-state index contributed by atoms with van der Waals surface area (Å²) in [6, 6.07) is 11.4. The van der Waals surface area contributed by atoms with Crippen molar-refractivity contribution in [1.29, 1.82) is 5.26 Å². The van der Waals surface area contributed by atoms with Crippen molar-refractivity contribution < 1.29 is 8.78 Å². The number of rotatable bonds is 4. The lowest BCUT2D eigenvalue weighted by atomic mass is 10.1. The van der Waals surface area contributed by atoms with Gasteiger partial charge in [-0.05, 0) is 47.9 Å². The van der Waals surface area contributed by atoms with Crippen molar-refractivity contribution in [2.24, 2.45) is 0 Å². The smallest absolute Gasteiger partial charge is 0.159 e. The average Bonchev–Trinajstić information content (AvgIpc) is 2.44. The molecule has 0 fully saturated rings. The highest BCUT2D eigenvalue weighted by Crippen LogP contribution is 2.12. The van der Waals surface area contributed by atoms with E-state index in [9.17, 15) is 8.78 Å². The molecule has 0 heterocycles. The van der Waals surface area contributed by atoms with Gasteiger partial charge in [0, 0.05) is 13.1 Å². The van der Waals surface area contributed by atoms with Gasteiger partial charge in [-0.2, -0.15) is 5.26 Å². The van der Waals surface area contributed by atoms with Gasteiger partial charge in [-0.1, -0.05) is 12.1 Å². The number of nitrogens with zero attached hydrogens (tertiary/aromatic N) is 1. The van der Waals surface area contributed by atoms with Crippen molar-refractivity contribution in [3.63, 3.8) is 0 Å². The van der Waals surface area contributed by atoms with Crippen molar-refractivity contribution in [3.05, 3.63) is 70.3 Å². The lowest BCUT2D eigenvalue weighted by molar-refractivity contribution is 0.506. The van der Waals surface area contributed by atoms with E-state index in [2.05, 4.69) is 11.4 Å². The summed E-state index contributed by atoms with van der Waals surface area (Å²) < 4.78 is 25.8. The number of benzene rings is 2. The van der Waals surface area contributed by atoms with E-state index in [4.69, 9.17) is 5.26 Å². The van der Waals surface area contributed by atoms with Crippen LogP contribution in [0.15, 0.2) is 36.4 Å². The molecular weight excluding hydrogens is 258 g/mol. The van der Waals surface area contributed by atoms with Crippen LogP contribution in [0.1, 0.15) is 22.3 Å². The maximum Gasteiger partial charge on any atom is 0.159 e. The van der Waals surface area contributed by atoms with Gasteiger partial charge in [-0.3, -0.25) is 0 Å². The third-order valence-electron chi connectivity index (χ3n) is 3.10. The van der Waals surface area contributed by atoms with E-state index in [-0.39, 0.29) is 0 Å². The summed E-state index contributed by atoms with van der Waals surface area (Å²) in [5, 5.41) is 12.0. The maximum atomic E-state index is 13.0. The normalized spacial score (nSPS) is 10.3. The van der Waals surface area contributed by atoms with E-state index in [1.807, 2.05) is 19.1 Å². The minimum Gasteiger partial charge on any atom is -0.309 e. The van der Waals surface area contributed by atoms with Crippen LogP contribution < -0.4 is 5.32 Å². The molecule has 0 atom stereocenters. The van der Waals surface area contributed by atoms with Gasteiger partial charge < -0.3 is 5.32 Å². The molecule has 0 aliphatic rings. The summed E-state index contributed by atoms with van der Waals surface area (Å²) in [6.45, 7) is 3.00. The van der Waals surface area contributed by atoms with Gasteiger partial charge in [0.15, 0.2) is 11.6 Å². The van der Waals surface area contributed by atoms with Crippen LogP contribution in [0.4, 0.5) is 8.78 Å². The molecule has 0 bridgehead atoms. The summed E-state index contributed by atoms with van der Waals surface area (Å²) in [5.74, 6) is -1.67. The molecule has 0 aromatic heterocycles. The molecule has 0 unspecified atom stereocenters. The van der Waals surface area contributed by atoms with Crippen LogP contribution in [-0.4, -0.2) is 0 Å². The second-order valence-electron chi connectivity index (χ2n) is 4.61. The van der Waals surface area contributed by atoms with E-state index in [0.717, 1.165) is 17.2 Å². The fourth-order valence-corrected chi connectivity index (χ4v) is 1.95. The van der Waals surface area contributed by atoms with Gasteiger partial charge in [0.1, 0.15) is 0 Å². The van der Waals surface area contributed by atoms with E-state index in [1.165, 1.54) is 6.07 Å². The molecule has 4 heteroatoms. The van der Waals surface area contributed by atoms with Crippen LogP contribution in [0.2, 0.25) is 0 Å². The monoisotopic (exact) mass is 272 g/mol. The Kier molecular flexibility index (Phi) is 4.44. The minimum atomic E-state index is -0.836. The molecule has 0 spiro atoms. The largest absolute Gasteiger partial charge is 0.309 e. The van der Waals surface area contributed by atoms with Crippen LogP contribution in [-0.2, 0) is 13.1 Å². The standard InChI is InChI=1S/C16H14F2N2/c1-11-6-12(8-19)2-4-14(11)10-20-9-13-3-5-15(17)16(18)7-13/h2-7,20H,9-10H2,1H3. The zero-order chi connectivity index (χ0) is 14.5.